The number of aromatic nitrogens is 1. The van der Waals surface area contributed by atoms with Gasteiger partial charge in [-0.2, -0.15) is 0 Å². The number of nitrogens with zero attached hydrogens (tertiary/aromatic N) is 1. The summed E-state index contributed by atoms with van der Waals surface area (Å²) in [6.45, 7) is 1.38. The van der Waals surface area contributed by atoms with Crippen LogP contribution in [-0.4, -0.2) is 47.6 Å². The molecule has 7 nitrogen and oxygen atoms in total. The first-order valence-corrected chi connectivity index (χ1v) is 7.15. The predicted octanol–water partition coefficient (Wildman–Crippen LogP) is 0.467. The maximum atomic E-state index is 12.4. The number of hydrogen-bond donors (Lipinski definition) is 1. The highest BCUT2D eigenvalue weighted by Crippen LogP contribution is 2.45. The number of hydrogen-bond acceptors (Lipinski definition) is 7. The Balaban J connectivity index is 2.61. The molecule has 1 heterocycles. The lowest BCUT2D eigenvalue weighted by Crippen LogP contribution is -2.55. The van der Waals surface area contributed by atoms with Gasteiger partial charge in [-0.3, -0.25) is 19.4 Å². The van der Waals surface area contributed by atoms with E-state index in [1.54, 1.807) is 18.2 Å². The molecule has 23 heavy (non-hydrogen) atoms. The Kier molecular flexibility index (Phi) is 4.79. The summed E-state index contributed by atoms with van der Waals surface area (Å²) in [6, 6.07) is 4.95. The van der Waals surface area contributed by atoms with Crippen LogP contribution in [-0.2, 0) is 23.9 Å². The summed E-state index contributed by atoms with van der Waals surface area (Å²) in [5, 5.41) is 10.6. The standard InChI is InChI=1S/C16H19NO6/c1-16(21)8-10(18)12(14(19)22-2)11(13(16)15(20)23-3)9-6-4-5-7-17-9/h4-7,11-13,21H,8H2,1-3H3/t11-,12-,13-,16+/m1/s1. The van der Waals surface area contributed by atoms with Gasteiger partial charge >= 0.3 is 11.9 Å². The van der Waals surface area contributed by atoms with Crippen molar-refractivity contribution in [1.29, 1.82) is 0 Å². The predicted molar refractivity (Wildman–Crippen MR) is 78.2 cm³/mol. The monoisotopic (exact) mass is 321 g/mol. The van der Waals surface area contributed by atoms with Crippen LogP contribution >= 0.6 is 0 Å². The molecule has 1 aliphatic carbocycles. The number of rotatable bonds is 3. The van der Waals surface area contributed by atoms with Crippen LogP contribution in [0.4, 0.5) is 0 Å². The van der Waals surface area contributed by atoms with Crippen molar-refractivity contribution >= 4 is 17.7 Å². The number of carbonyl (C=O) groups is 3. The third kappa shape index (κ3) is 3.10. The van der Waals surface area contributed by atoms with Crippen molar-refractivity contribution in [2.75, 3.05) is 14.2 Å². The number of aliphatic hydroxyl groups is 1. The molecule has 1 aliphatic rings. The minimum atomic E-state index is -1.64. The van der Waals surface area contributed by atoms with Gasteiger partial charge in [-0.05, 0) is 19.1 Å². The van der Waals surface area contributed by atoms with Crippen LogP contribution in [0, 0.1) is 11.8 Å². The quantitative estimate of drug-likeness (QED) is 0.637. The Morgan fingerprint density at radius 2 is 1.91 bits per heavy atom. The van der Waals surface area contributed by atoms with Gasteiger partial charge in [-0.15, -0.1) is 0 Å². The minimum Gasteiger partial charge on any atom is -0.469 e. The Labute approximate surface area is 133 Å². The first-order valence-electron chi connectivity index (χ1n) is 7.15. The van der Waals surface area contributed by atoms with Gasteiger partial charge in [0.2, 0.25) is 0 Å². The van der Waals surface area contributed by atoms with Crippen molar-refractivity contribution in [3.63, 3.8) is 0 Å². The van der Waals surface area contributed by atoms with Gasteiger partial charge in [-0.25, -0.2) is 0 Å². The molecule has 0 radical (unpaired) electrons. The van der Waals surface area contributed by atoms with E-state index in [0.717, 1.165) is 0 Å². The first kappa shape index (κ1) is 17.1. The molecule has 0 aromatic carbocycles. The second-order valence-corrected chi connectivity index (χ2v) is 5.78. The summed E-state index contributed by atoms with van der Waals surface area (Å²) < 4.78 is 9.50. The maximum Gasteiger partial charge on any atom is 0.316 e. The van der Waals surface area contributed by atoms with E-state index >= 15 is 0 Å². The summed E-state index contributed by atoms with van der Waals surface area (Å²) in [7, 11) is 2.36. The van der Waals surface area contributed by atoms with E-state index in [1.807, 2.05) is 0 Å². The Morgan fingerprint density at radius 1 is 1.26 bits per heavy atom. The smallest absolute Gasteiger partial charge is 0.316 e. The van der Waals surface area contributed by atoms with Crippen LogP contribution in [0.1, 0.15) is 25.0 Å². The minimum absolute atomic E-state index is 0.337. The molecular formula is C16H19NO6. The van der Waals surface area contributed by atoms with E-state index in [-0.39, 0.29) is 6.42 Å². The molecule has 4 atom stereocenters. The number of ether oxygens (including phenoxy) is 2. The van der Waals surface area contributed by atoms with Gasteiger partial charge in [0.15, 0.2) is 5.78 Å². The summed E-state index contributed by atoms with van der Waals surface area (Å²) in [4.78, 5) is 40.9. The fraction of sp³-hybridized carbons (Fsp3) is 0.500. The summed E-state index contributed by atoms with van der Waals surface area (Å²) in [5.41, 5.74) is -1.29. The van der Waals surface area contributed by atoms with Crippen molar-refractivity contribution in [2.24, 2.45) is 11.8 Å². The van der Waals surface area contributed by atoms with Crippen LogP contribution in [0.5, 0.6) is 0 Å². The van der Waals surface area contributed by atoms with E-state index in [1.165, 1.54) is 27.3 Å². The van der Waals surface area contributed by atoms with Gasteiger partial charge in [0, 0.05) is 24.2 Å². The van der Waals surface area contributed by atoms with Crippen LogP contribution in [0.15, 0.2) is 24.4 Å². The molecule has 0 saturated heterocycles. The summed E-state index contributed by atoms with van der Waals surface area (Å²) in [5.74, 6) is -5.21. The highest BCUT2D eigenvalue weighted by atomic mass is 16.5. The third-order valence-corrected chi connectivity index (χ3v) is 4.21. The molecule has 1 aromatic heterocycles. The second-order valence-electron chi connectivity index (χ2n) is 5.78. The SMILES string of the molecule is COC(=O)[C@@H]1C(=O)C[C@](C)(O)[C@@H](C(=O)OC)[C@@H]1c1ccccn1. The zero-order valence-corrected chi connectivity index (χ0v) is 13.2. The Morgan fingerprint density at radius 3 is 2.43 bits per heavy atom. The largest absolute Gasteiger partial charge is 0.469 e. The van der Waals surface area contributed by atoms with E-state index in [9.17, 15) is 19.5 Å². The molecule has 124 valence electrons. The van der Waals surface area contributed by atoms with Crippen molar-refractivity contribution in [3.05, 3.63) is 30.1 Å². The number of pyridine rings is 1. The molecule has 0 spiro atoms. The van der Waals surface area contributed by atoms with E-state index in [0.29, 0.717) is 5.69 Å². The molecule has 0 amide bonds. The topological polar surface area (TPSA) is 103 Å². The molecule has 0 aliphatic heterocycles. The van der Waals surface area contributed by atoms with Crippen LogP contribution in [0.3, 0.4) is 0 Å². The van der Waals surface area contributed by atoms with Gasteiger partial charge in [0.1, 0.15) is 5.92 Å². The van der Waals surface area contributed by atoms with E-state index in [2.05, 4.69) is 4.98 Å². The zero-order chi connectivity index (χ0) is 17.2. The molecular weight excluding hydrogens is 302 g/mol. The van der Waals surface area contributed by atoms with Crippen molar-refractivity contribution in [1.82, 2.24) is 4.98 Å². The highest BCUT2D eigenvalue weighted by molar-refractivity contribution is 6.02. The van der Waals surface area contributed by atoms with Crippen LogP contribution < -0.4 is 0 Å². The molecule has 7 heteroatoms. The zero-order valence-electron chi connectivity index (χ0n) is 13.2. The lowest BCUT2D eigenvalue weighted by atomic mass is 9.62. The molecule has 1 saturated carbocycles. The van der Waals surface area contributed by atoms with E-state index in [4.69, 9.17) is 9.47 Å². The number of esters is 2. The molecule has 2 rings (SSSR count). The average molecular weight is 321 g/mol. The van der Waals surface area contributed by atoms with Gasteiger partial charge in [0.05, 0.1) is 25.7 Å². The summed E-state index contributed by atoms with van der Waals surface area (Å²) in [6.07, 6.45) is 1.15. The summed E-state index contributed by atoms with van der Waals surface area (Å²) >= 11 is 0. The Bertz CT molecular complexity index is 612. The highest BCUT2D eigenvalue weighted by Gasteiger charge is 2.57. The van der Waals surface area contributed by atoms with E-state index < -0.39 is 41.1 Å². The molecule has 1 fully saturated rings. The number of methoxy groups -OCH3 is 2. The van der Waals surface area contributed by atoms with Crippen LogP contribution in [0.2, 0.25) is 0 Å². The maximum absolute atomic E-state index is 12.4. The lowest BCUT2D eigenvalue weighted by molar-refractivity contribution is -0.170. The van der Waals surface area contributed by atoms with Crippen LogP contribution in [0.25, 0.3) is 0 Å². The molecule has 0 bridgehead atoms. The van der Waals surface area contributed by atoms with Crippen molar-refractivity contribution < 1.29 is 29.0 Å². The van der Waals surface area contributed by atoms with Crippen molar-refractivity contribution in [3.8, 4) is 0 Å². The number of ketones is 1. The lowest BCUT2D eigenvalue weighted by Gasteiger charge is -2.42. The van der Waals surface area contributed by atoms with Gasteiger partial charge in [-0.1, -0.05) is 6.07 Å². The molecule has 0 unspecified atom stereocenters. The second kappa shape index (κ2) is 6.45. The number of carbonyl (C=O) groups excluding carboxylic acids is 3. The normalized spacial score (nSPS) is 30.6. The fourth-order valence-corrected chi connectivity index (χ4v) is 3.20. The first-order chi connectivity index (χ1) is 10.8. The third-order valence-electron chi connectivity index (χ3n) is 4.21. The fourth-order valence-electron chi connectivity index (χ4n) is 3.20. The Hall–Kier alpha value is -2.28. The average Bonchev–Trinajstić information content (AvgIpc) is 2.52. The van der Waals surface area contributed by atoms with Gasteiger partial charge < -0.3 is 14.6 Å². The number of Topliss-reactive ketones (excluding diaryl/α,β-unsaturated/α-hetero) is 1. The molecule has 1 N–H and O–H groups in total. The van der Waals surface area contributed by atoms with Gasteiger partial charge in [0.25, 0.3) is 0 Å². The molecule has 1 aromatic rings. The van der Waals surface area contributed by atoms with Crippen molar-refractivity contribution in [2.45, 2.75) is 24.9 Å².